The molecular weight excluding hydrogens is 272 g/mol. The third kappa shape index (κ3) is 2.62. The van der Waals surface area contributed by atoms with Crippen molar-refractivity contribution in [3.63, 3.8) is 0 Å². The Kier molecular flexibility index (Phi) is 3.60. The highest BCUT2D eigenvalue weighted by atomic mass is 32.2. The van der Waals surface area contributed by atoms with E-state index in [0.717, 1.165) is 10.5 Å². The molecule has 1 aromatic carbocycles. The van der Waals surface area contributed by atoms with E-state index in [4.69, 9.17) is 4.42 Å². The fourth-order valence-electron chi connectivity index (χ4n) is 1.76. The van der Waals surface area contributed by atoms with Crippen LogP contribution in [0.15, 0.2) is 69.3 Å². The van der Waals surface area contributed by atoms with Gasteiger partial charge in [0.15, 0.2) is 17.2 Å². The van der Waals surface area contributed by atoms with Crippen molar-refractivity contribution in [1.82, 2.24) is 9.97 Å². The summed E-state index contributed by atoms with van der Waals surface area (Å²) >= 11 is 1.46. The van der Waals surface area contributed by atoms with Gasteiger partial charge in [-0.1, -0.05) is 18.2 Å². The summed E-state index contributed by atoms with van der Waals surface area (Å²) in [4.78, 5) is 20.1. The van der Waals surface area contributed by atoms with E-state index in [0.29, 0.717) is 23.0 Å². The molecule has 98 valence electrons. The fraction of sp³-hybridized carbons (Fsp3) is 0. The van der Waals surface area contributed by atoms with Crippen molar-refractivity contribution in [2.75, 3.05) is 0 Å². The zero-order valence-corrected chi connectivity index (χ0v) is 11.2. The maximum atomic E-state index is 10.7. The van der Waals surface area contributed by atoms with Gasteiger partial charge in [0, 0.05) is 22.9 Å². The molecule has 0 fully saturated rings. The molecule has 3 aromatic rings. The Balaban J connectivity index is 1.98. The molecule has 0 amide bonds. The van der Waals surface area contributed by atoms with Crippen LogP contribution in [-0.4, -0.2) is 16.3 Å². The van der Waals surface area contributed by atoms with Crippen molar-refractivity contribution in [1.29, 1.82) is 0 Å². The average molecular weight is 282 g/mol. The topological polar surface area (TPSA) is 56.0 Å². The highest BCUT2D eigenvalue weighted by molar-refractivity contribution is 7.99. The van der Waals surface area contributed by atoms with E-state index in [2.05, 4.69) is 9.97 Å². The molecule has 0 unspecified atom stereocenters. The van der Waals surface area contributed by atoms with Crippen molar-refractivity contribution >= 4 is 18.0 Å². The molecule has 3 rings (SSSR count). The summed E-state index contributed by atoms with van der Waals surface area (Å²) in [5.74, 6) is 0.974. The summed E-state index contributed by atoms with van der Waals surface area (Å²) in [7, 11) is 0. The van der Waals surface area contributed by atoms with Crippen LogP contribution < -0.4 is 0 Å². The van der Waals surface area contributed by atoms with Crippen molar-refractivity contribution in [3.05, 3.63) is 60.6 Å². The van der Waals surface area contributed by atoms with Crippen molar-refractivity contribution in [3.8, 4) is 11.3 Å². The minimum atomic E-state index is 0.316. The third-order valence-corrected chi connectivity index (χ3v) is 3.61. The van der Waals surface area contributed by atoms with Crippen LogP contribution in [0.4, 0.5) is 0 Å². The summed E-state index contributed by atoms with van der Waals surface area (Å²) in [5.41, 5.74) is 0.915. The Morgan fingerprint density at radius 2 is 1.80 bits per heavy atom. The van der Waals surface area contributed by atoms with E-state index in [-0.39, 0.29) is 0 Å². The van der Waals surface area contributed by atoms with Crippen molar-refractivity contribution in [2.45, 2.75) is 10.1 Å². The first-order valence-corrected chi connectivity index (χ1v) is 6.78. The summed E-state index contributed by atoms with van der Waals surface area (Å²) < 4.78 is 5.48. The Bertz CT molecular complexity index is 726. The quantitative estimate of drug-likeness (QED) is 0.539. The normalized spacial score (nSPS) is 10.4. The minimum Gasteiger partial charge on any atom is -0.453 e. The maximum absolute atomic E-state index is 10.7. The molecule has 0 atom stereocenters. The number of benzene rings is 1. The van der Waals surface area contributed by atoms with Gasteiger partial charge < -0.3 is 4.42 Å². The molecule has 2 heterocycles. The van der Waals surface area contributed by atoms with Gasteiger partial charge in [0.2, 0.25) is 0 Å². The van der Waals surface area contributed by atoms with E-state index in [1.54, 1.807) is 30.6 Å². The molecule has 20 heavy (non-hydrogen) atoms. The van der Waals surface area contributed by atoms with E-state index in [9.17, 15) is 4.79 Å². The second-order valence-electron chi connectivity index (χ2n) is 3.95. The zero-order chi connectivity index (χ0) is 13.8. The highest BCUT2D eigenvalue weighted by Crippen LogP contribution is 2.34. The van der Waals surface area contributed by atoms with Crippen LogP contribution in [0.1, 0.15) is 10.6 Å². The number of hydrogen-bond donors (Lipinski definition) is 0. The molecule has 0 aliphatic carbocycles. The molecule has 0 radical (unpaired) electrons. The lowest BCUT2D eigenvalue weighted by atomic mass is 10.2. The van der Waals surface area contributed by atoms with Gasteiger partial charge in [0.25, 0.3) is 0 Å². The Morgan fingerprint density at radius 3 is 2.55 bits per heavy atom. The van der Waals surface area contributed by atoms with Gasteiger partial charge in [-0.2, -0.15) is 0 Å². The lowest BCUT2D eigenvalue weighted by Gasteiger charge is -2.05. The molecule has 0 aliphatic heterocycles. The first kappa shape index (κ1) is 12.6. The van der Waals surface area contributed by atoms with Gasteiger partial charge in [-0.3, -0.25) is 4.79 Å². The van der Waals surface area contributed by atoms with Gasteiger partial charge in [-0.25, -0.2) is 9.97 Å². The molecule has 4 nitrogen and oxygen atoms in total. The van der Waals surface area contributed by atoms with Crippen LogP contribution in [0.25, 0.3) is 11.3 Å². The van der Waals surface area contributed by atoms with E-state index in [1.807, 2.05) is 24.3 Å². The molecule has 0 spiro atoms. The summed E-state index contributed by atoms with van der Waals surface area (Å²) in [6.07, 6.45) is 4.10. The Labute approximate surface area is 119 Å². The molecule has 0 bridgehead atoms. The summed E-state index contributed by atoms with van der Waals surface area (Å²) in [5, 5.41) is 0.669. The predicted molar refractivity (Wildman–Crippen MR) is 75.7 cm³/mol. The van der Waals surface area contributed by atoms with Crippen LogP contribution in [0.3, 0.4) is 0 Å². The zero-order valence-electron chi connectivity index (χ0n) is 10.4. The van der Waals surface area contributed by atoms with Crippen LogP contribution in [0, 0.1) is 0 Å². The van der Waals surface area contributed by atoms with Crippen molar-refractivity contribution in [2.24, 2.45) is 0 Å². The van der Waals surface area contributed by atoms with Crippen LogP contribution in [0.2, 0.25) is 0 Å². The minimum absolute atomic E-state index is 0.316. The second-order valence-corrected chi connectivity index (χ2v) is 4.96. The average Bonchev–Trinajstić information content (AvgIpc) is 2.98. The number of hydrogen-bond acceptors (Lipinski definition) is 5. The number of rotatable bonds is 4. The number of furan rings is 1. The van der Waals surface area contributed by atoms with E-state index in [1.165, 1.54) is 11.8 Å². The highest BCUT2D eigenvalue weighted by Gasteiger charge is 2.11. The van der Waals surface area contributed by atoms with E-state index < -0.39 is 0 Å². The lowest BCUT2D eigenvalue weighted by molar-refractivity contribution is 0.110. The van der Waals surface area contributed by atoms with Gasteiger partial charge >= 0.3 is 0 Å². The second kappa shape index (κ2) is 5.71. The number of aldehydes is 1. The molecule has 2 aromatic heterocycles. The molecular formula is C15H10N2O2S. The van der Waals surface area contributed by atoms with Gasteiger partial charge in [-0.05, 0) is 36.0 Å². The first-order chi connectivity index (χ1) is 9.86. The third-order valence-electron chi connectivity index (χ3n) is 2.64. The maximum Gasteiger partial charge on any atom is 0.192 e. The summed E-state index contributed by atoms with van der Waals surface area (Å²) in [6, 6.07) is 13.0. The number of carbonyl (C=O) groups excluding carboxylic acids is 1. The lowest BCUT2D eigenvalue weighted by Crippen LogP contribution is -1.85. The van der Waals surface area contributed by atoms with Gasteiger partial charge in [0.05, 0.1) is 0 Å². The molecule has 5 heteroatoms. The van der Waals surface area contributed by atoms with Gasteiger partial charge in [-0.15, -0.1) is 0 Å². The standard InChI is InChI=1S/C15H10N2O2S/c18-10-11-6-7-13(19-11)12-4-1-2-5-14(12)20-15-16-8-3-9-17-15/h1-10H. The largest absolute Gasteiger partial charge is 0.453 e. The SMILES string of the molecule is O=Cc1ccc(-c2ccccc2Sc2ncccn2)o1. The Hall–Kier alpha value is -2.40. The summed E-state index contributed by atoms with van der Waals surface area (Å²) in [6.45, 7) is 0. The number of carbonyl (C=O) groups is 1. The molecule has 0 aliphatic rings. The van der Waals surface area contributed by atoms with Crippen LogP contribution in [-0.2, 0) is 0 Å². The van der Waals surface area contributed by atoms with Crippen LogP contribution >= 0.6 is 11.8 Å². The fourth-order valence-corrected chi connectivity index (χ4v) is 2.61. The van der Waals surface area contributed by atoms with Crippen molar-refractivity contribution < 1.29 is 9.21 Å². The number of nitrogens with zero attached hydrogens (tertiary/aromatic N) is 2. The van der Waals surface area contributed by atoms with E-state index >= 15 is 0 Å². The molecule has 0 saturated heterocycles. The smallest absolute Gasteiger partial charge is 0.192 e. The Morgan fingerprint density at radius 1 is 1.00 bits per heavy atom. The molecule has 0 saturated carbocycles. The number of aromatic nitrogens is 2. The monoisotopic (exact) mass is 282 g/mol. The van der Waals surface area contributed by atoms with Crippen LogP contribution in [0.5, 0.6) is 0 Å². The van der Waals surface area contributed by atoms with Gasteiger partial charge in [0.1, 0.15) is 5.76 Å². The predicted octanol–water partition coefficient (Wildman–Crippen LogP) is 3.70. The first-order valence-electron chi connectivity index (χ1n) is 5.96. The molecule has 0 N–H and O–H groups in total.